The van der Waals surface area contributed by atoms with Crippen LogP contribution in [0.2, 0.25) is 0 Å². The molecule has 0 aliphatic carbocycles. The summed E-state index contributed by atoms with van der Waals surface area (Å²) in [4.78, 5) is 24.4. The summed E-state index contributed by atoms with van der Waals surface area (Å²) in [6.45, 7) is 9.49. The third-order valence-electron chi connectivity index (χ3n) is 3.98. The summed E-state index contributed by atoms with van der Waals surface area (Å²) in [6.07, 6.45) is 6.87. The van der Waals surface area contributed by atoms with E-state index in [2.05, 4.69) is 22.8 Å². The number of nitrogens with zero attached hydrogens (tertiary/aromatic N) is 2. The molecule has 2 rings (SSSR count). The largest absolute Gasteiger partial charge is 0.444 e. The van der Waals surface area contributed by atoms with Crippen molar-refractivity contribution in [2.45, 2.75) is 46.3 Å². The second-order valence-electron chi connectivity index (χ2n) is 7.19. The number of ether oxygens (including phenoxy) is 1. The molecule has 1 aromatic carbocycles. The Kier molecular flexibility index (Phi) is 6.61. The smallest absolute Gasteiger partial charge is 0.410 e. The predicted molar refractivity (Wildman–Crippen MR) is 105 cm³/mol. The van der Waals surface area contributed by atoms with Gasteiger partial charge in [-0.2, -0.15) is 0 Å². The number of fused-ring (bicyclic) bond motifs is 1. The van der Waals surface area contributed by atoms with Gasteiger partial charge in [0.2, 0.25) is 0 Å². The summed E-state index contributed by atoms with van der Waals surface area (Å²) in [5.41, 5.74) is 1.71. The van der Waals surface area contributed by atoms with Gasteiger partial charge < -0.3 is 19.0 Å². The molecule has 5 heteroatoms. The maximum atomic E-state index is 12.2. The van der Waals surface area contributed by atoms with Crippen LogP contribution in [0.3, 0.4) is 0 Å². The van der Waals surface area contributed by atoms with E-state index in [-0.39, 0.29) is 6.09 Å². The lowest BCUT2D eigenvalue weighted by Gasteiger charge is -2.26. The Bertz CT molecular complexity index is 784. The predicted octanol–water partition coefficient (Wildman–Crippen LogP) is 4.50. The number of carbonyl (C=O) groups excluding carboxylic acids is 2. The van der Waals surface area contributed by atoms with Gasteiger partial charge in [-0.05, 0) is 51.5 Å². The quantitative estimate of drug-likeness (QED) is 0.686. The Hall–Kier alpha value is -2.56. The van der Waals surface area contributed by atoms with Gasteiger partial charge in [0.15, 0.2) is 0 Å². The van der Waals surface area contributed by atoms with Crippen LogP contribution >= 0.6 is 0 Å². The highest BCUT2D eigenvalue weighted by Crippen LogP contribution is 2.19. The first-order chi connectivity index (χ1) is 12.3. The first kappa shape index (κ1) is 19.8. The zero-order chi connectivity index (χ0) is 19.2. The average molecular weight is 356 g/mol. The van der Waals surface area contributed by atoms with Gasteiger partial charge in [0.1, 0.15) is 11.9 Å². The molecular formula is C21H28N2O3. The molecule has 0 bridgehead atoms. The minimum Gasteiger partial charge on any atom is -0.444 e. The first-order valence-electron chi connectivity index (χ1n) is 9.01. The lowest BCUT2D eigenvalue weighted by Crippen LogP contribution is -2.38. The van der Waals surface area contributed by atoms with Gasteiger partial charge in [0, 0.05) is 43.2 Å². The van der Waals surface area contributed by atoms with E-state index in [0.29, 0.717) is 26.1 Å². The van der Waals surface area contributed by atoms with Gasteiger partial charge in [-0.3, -0.25) is 0 Å². The molecule has 0 atom stereocenters. The summed E-state index contributed by atoms with van der Waals surface area (Å²) >= 11 is 0. The molecule has 0 aliphatic rings. The van der Waals surface area contributed by atoms with Crippen LogP contribution in [-0.4, -0.2) is 40.5 Å². The number of carbonyl (C=O) groups is 2. The van der Waals surface area contributed by atoms with Crippen molar-refractivity contribution < 1.29 is 14.3 Å². The molecule has 0 radical (unpaired) electrons. The van der Waals surface area contributed by atoms with Crippen LogP contribution in [0.25, 0.3) is 17.0 Å². The standard InChI is InChI=1S/C21H28N2O3/c1-5-22(20(25)26-21(2,3)4)13-14-23-12-11-18-16-17(8-6-7-15-24)9-10-19(18)23/h6,8-12,15-16H,5,7,13-14H2,1-4H3. The number of likely N-dealkylation sites (N-methyl/N-ethyl adjacent to an activating group) is 1. The number of amides is 1. The van der Waals surface area contributed by atoms with E-state index in [4.69, 9.17) is 4.74 Å². The number of rotatable bonds is 7. The van der Waals surface area contributed by atoms with Crippen molar-refractivity contribution >= 4 is 29.4 Å². The lowest BCUT2D eigenvalue weighted by atomic mass is 10.1. The van der Waals surface area contributed by atoms with E-state index in [0.717, 1.165) is 22.8 Å². The van der Waals surface area contributed by atoms with Crippen LogP contribution in [0.4, 0.5) is 4.79 Å². The zero-order valence-corrected chi connectivity index (χ0v) is 16.1. The third kappa shape index (κ3) is 5.48. The molecule has 0 spiro atoms. The molecule has 1 heterocycles. The number of aromatic nitrogens is 1. The van der Waals surface area contributed by atoms with Crippen molar-refractivity contribution in [3.8, 4) is 0 Å². The maximum Gasteiger partial charge on any atom is 0.410 e. The molecule has 1 amide bonds. The van der Waals surface area contributed by atoms with Crippen LogP contribution in [0.15, 0.2) is 36.5 Å². The van der Waals surface area contributed by atoms with Crippen LogP contribution in [-0.2, 0) is 16.1 Å². The number of aldehydes is 1. The van der Waals surface area contributed by atoms with E-state index in [1.165, 1.54) is 0 Å². The summed E-state index contributed by atoms with van der Waals surface area (Å²) < 4.78 is 7.60. The van der Waals surface area contributed by atoms with Crippen molar-refractivity contribution in [2.75, 3.05) is 13.1 Å². The summed E-state index contributed by atoms with van der Waals surface area (Å²) in [7, 11) is 0. The fourth-order valence-corrected chi connectivity index (χ4v) is 2.71. The fourth-order valence-electron chi connectivity index (χ4n) is 2.71. The average Bonchev–Trinajstić information content (AvgIpc) is 2.96. The molecule has 0 saturated carbocycles. The molecule has 0 N–H and O–H groups in total. The van der Waals surface area contributed by atoms with Crippen molar-refractivity contribution in [3.05, 3.63) is 42.1 Å². The Morgan fingerprint density at radius 2 is 2.04 bits per heavy atom. The Balaban J connectivity index is 2.06. The monoisotopic (exact) mass is 356 g/mol. The van der Waals surface area contributed by atoms with Crippen LogP contribution < -0.4 is 0 Å². The van der Waals surface area contributed by atoms with Crippen LogP contribution in [0.5, 0.6) is 0 Å². The van der Waals surface area contributed by atoms with E-state index in [1.807, 2.05) is 52.1 Å². The molecule has 0 saturated heterocycles. The Morgan fingerprint density at radius 1 is 1.27 bits per heavy atom. The molecule has 5 nitrogen and oxygen atoms in total. The van der Waals surface area contributed by atoms with E-state index < -0.39 is 5.60 Å². The topological polar surface area (TPSA) is 51.5 Å². The zero-order valence-electron chi connectivity index (χ0n) is 16.1. The van der Waals surface area contributed by atoms with Gasteiger partial charge in [-0.15, -0.1) is 0 Å². The highest BCUT2D eigenvalue weighted by Gasteiger charge is 2.20. The highest BCUT2D eigenvalue weighted by atomic mass is 16.6. The van der Waals surface area contributed by atoms with E-state index in [9.17, 15) is 9.59 Å². The second-order valence-corrected chi connectivity index (χ2v) is 7.19. The molecule has 0 unspecified atom stereocenters. The number of allylic oxidation sites excluding steroid dienone is 1. The molecule has 140 valence electrons. The van der Waals surface area contributed by atoms with Crippen LogP contribution in [0, 0.1) is 0 Å². The maximum absolute atomic E-state index is 12.2. The molecule has 0 aliphatic heterocycles. The molecule has 2 aromatic rings. The summed E-state index contributed by atoms with van der Waals surface area (Å²) in [5.74, 6) is 0. The fraction of sp³-hybridized carbons (Fsp3) is 0.429. The first-order valence-corrected chi connectivity index (χ1v) is 9.01. The van der Waals surface area contributed by atoms with Gasteiger partial charge in [-0.1, -0.05) is 18.2 Å². The molecule has 26 heavy (non-hydrogen) atoms. The summed E-state index contributed by atoms with van der Waals surface area (Å²) in [6, 6.07) is 8.26. The minimum absolute atomic E-state index is 0.279. The third-order valence-corrected chi connectivity index (χ3v) is 3.98. The Labute approximate surface area is 155 Å². The number of benzene rings is 1. The summed E-state index contributed by atoms with van der Waals surface area (Å²) in [5, 5.41) is 1.14. The van der Waals surface area contributed by atoms with E-state index in [1.54, 1.807) is 4.90 Å². The molecular weight excluding hydrogens is 328 g/mol. The molecule has 1 aromatic heterocycles. The number of hydrogen-bond acceptors (Lipinski definition) is 3. The normalized spacial score (nSPS) is 11.8. The van der Waals surface area contributed by atoms with Crippen LogP contribution in [0.1, 0.15) is 39.7 Å². The van der Waals surface area contributed by atoms with Crippen molar-refractivity contribution in [1.82, 2.24) is 9.47 Å². The number of hydrogen-bond donors (Lipinski definition) is 0. The minimum atomic E-state index is -0.488. The van der Waals surface area contributed by atoms with Gasteiger partial charge >= 0.3 is 6.09 Å². The van der Waals surface area contributed by atoms with E-state index >= 15 is 0 Å². The van der Waals surface area contributed by atoms with Crippen molar-refractivity contribution in [3.63, 3.8) is 0 Å². The second kappa shape index (κ2) is 8.70. The molecule has 0 fully saturated rings. The van der Waals surface area contributed by atoms with Crippen molar-refractivity contribution in [2.24, 2.45) is 0 Å². The lowest BCUT2D eigenvalue weighted by molar-refractivity contribution is -0.107. The SMILES string of the molecule is CCN(CCn1ccc2cc(C=CCC=O)ccc21)C(=O)OC(C)(C)C. The Morgan fingerprint density at radius 3 is 2.69 bits per heavy atom. The van der Waals surface area contributed by atoms with Gasteiger partial charge in [-0.25, -0.2) is 4.79 Å². The highest BCUT2D eigenvalue weighted by molar-refractivity contribution is 5.82. The van der Waals surface area contributed by atoms with Crippen molar-refractivity contribution in [1.29, 1.82) is 0 Å². The van der Waals surface area contributed by atoms with Gasteiger partial charge in [0.25, 0.3) is 0 Å². The van der Waals surface area contributed by atoms with Gasteiger partial charge in [0.05, 0.1) is 0 Å².